The highest BCUT2D eigenvalue weighted by Gasteiger charge is 2.24. The molecule has 7 heteroatoms. The Morgan fingerprint density at radius 1 is 1.37 bits per heavy atom. The molecule has 1 aliphatic heterocycles. The van der Waals surface area contributed by atoms with Crippen LogP contribution in [-0.2, 0) is 11.3 Å². The lowest BCUT2D eigenvalue weighted by Crippen LogP contribution is -2.50. The van der Waals surface area contributed by atoms with Gasteiger partial charge in [-0.1, -0.05) is 19.9 Å². The van der Waals surface area contributed by atoms with Crippen LogP contribution >= 0.6 is 0 Å². The van der Waals surface area contributed by atoms with E-state index >= 15 is 0 Å². The first-order valence-corrected chi connectivity index (χ1v) is 9.61. The normalized spacial score (nSPS) is 15.8. The SMILES string of the molecule is CCOc1ccc(CNC(=NC)NC2CCN(C(=O)C(C)C)CC2)cc1F. The molecule has 1 aliphatic rings. The first-order chi connectivity index (χ1) is 12.9. The van der Waals surface area contributed by atoms with Crippen molar-refractivity contribution in [3.63, 3.8) is 0 Å². The van der Waals surface area contributed by atoms with E-state index in [0.717, 1.165) is 31.5 Å². The maximum absolute atomic E-state index is 13.9. The number of hydrogen-bond acceptors (Lipinski definition) is 3. The number of benzene rings is 1. The molecule has 0 aromatic heterocycles. The number of amides is 1. The molecule has 0 saturated carbocycles. The van der Waals surface area contributed by atoms with E-state index in [4.69, 9.17) is 4.74 Å². The van der Waals surface area contributed by atoms with Gasteiger partial charge in [0.2, 0.25) is 5.91 Å². The van der Waals surface area contributed by atoms with Gasteiger partial charge < -0.3 is 20.3 Å². The molecule has 6 nitrogen and oxygen atoms in total. The highest BCUT2D eigenvalue weighted by molar-refractivity contribution is 5.80. The quantitative estimate of drug-likeness (QED) is 0.590. The van der Waals surface area contributed by atoms with Crippen LogP contribution in [0.2, 0.25) is 0 Å². The van der Waals surface area contributed by atoms with Gasteiger partial charge in [-0.25, -0.2) is 4.39 Å². The predicted molar refractivity (Wildman–Crippen MR) is 105 cm³/mol. The van der Waals surface area contributed by atoms with Crippen LogP contribution in [0.1, 0.15) is 39.2 Å². The van der Waals surface area contributed by atoms with Crippen molar-refractivity contribution in [1.82, 2.24) is 15.5 Å². The number of halogens is 1. The number of guanidine groups is 1. The largest absolute Gasteiger partial charge is 0.491 e. The molecule has 0 spiro atoms. The molecule has 1 aromatic carbocycles. The highest BCUT2D eigenvalue weighted by Crippen LogP contribution is 2.18. The van der Waals surface area contributed by atoms with Crippen molar-refractivity contribution >= 4 is 11.9 Å². The van der Waals surface area contributed by atoms with E-state index in [1.807, 2.05) is 31.7 Å². The number of hydrogen-bond donors (Lipinski definition) is 2. The monoisotopic (exact) mass is 378 g/mol. The number of piperidine rings is 1. The summed E-state index contributed by atoms with van der Waals surface area (Å²) in [5.41, 5.74) is 0.816. The van der Waals surface area contributed by atoms with E-state index in [-0.39, 0.29) is 29.4 Å². The van der Waals surface area contributed by atoms with Gasteiger partial charge in [0, 0.05) is 38.6 Å². The van der Waals surface area contributed by atoms with Gasteiger partial charge in [-0.2, -0.15) is 0 Å². The van der Waals surface area contributed by atoms with E-state index < -0.39 is 0 Å². The smallest absolute Gasteiger partial charge is 0.225 e. The van der Waals surface area contributed by atoms with Gasteiger partial charge in [-0.15, -0.1) is 0 Å². The molecule has 1 heterocycles. The minimum Gasteiger partial charge on any atom is -0.491 e. The number of nitrogens with zero attached hydrogens (tertiary/aromatic N) is 2. The summed E-state index contributed by atoms with van der Waals surface area (Å²) in [6, 6.07) is 5.23. The van der Waals surface area contributed by atoms with E-state index in [2.05, 4.69) is 15.6 Å². The van der Waals surface area contributed by atoms with Crippen LogP contribution in [0.25, 0.3) is 0 Å². The highest BCUT2D eigenvalue weighted by atomic mass is 19.1. The number of rotatable bonds is 6. The number of aliphatic imine (C=N–C) groups is 1. The third-order valence-electron chi connectivity index (χ3n) is 4.62. The van der Waals surface area contributed by atoms with E-state index in [1.165, 1.54) is 6.07 Å². The summed E-state index contributed by atoms with van der Waals surface area (Å²) in [7, 11) is 1.71. The number of carbonyl (C=O) groups is 1. The molecule has 1 aromatic rings. The van der Waals surface area contributed by atoms with Crippen molar-refractivity contribution < 1.29 is 13.9 Å². The molecule has 0 radical (unpaired) electrons. The third kappa shape index (κ3) is 6.12. The van der Waals surface area contributed by atoms with Crippen molar-refractivity contribution in [2.24, 2.45) is 10.9 Å². The van der Waals surface area contributed by atoms with Gasteiger partial charge in [-0.05, 0) is 37.5 Å². The first kappa shape index (κ1) is 21.0. The molecule has 0 unspecified atom stereocenters. The van der Waals surface area contributed by atoms with Crippen LogP contribution in [0.4, 0.5) is 4.39 Å². The Kier molecular flexibility index (Phi) is 7.88. The van der Waals surface area contributed by atoms with Gasteiger partial charge in [0.15, 0.2) is 17.5 Å². The zero-order valence-electron chi connectivity index (χ0n) is 16.7. The third-order valence-corrected chi connectivity index (χ3v) is 4.62. The minimum absolute atomic E-state index is 0.0402. The average Bonchev–Trinajstić information content (AvgIpc) is 2.67. The van der Waals surface area contributed by atoms with E-state index in [9.17, 15) is 9.18 Å². The molecule has 1 fully saturated rings. The maximum Gasteiger partial charge on any atom is 0.225 e. The molecule has 150 valence electrons. The Bertz CT molecular complexity index is 655. The fourth-order valence-corrected chi connectivity index (χ4v) is 3.11. The Morgan fingerprint density at radius 3 is 2.63 bits per heavy atom. The van der Waals surface area contributed by atoms with Crippen LogP contribution in [0.15, 0.2) is 23.2 Å². The molecular weight excluding hydrogens is 347 g/mol. The zero-order valence-corrected chi connectivity index (χ0v) is 16.7. The van der Waals surface area contributed by atoms with Crippen molar-refractivity contribution in [2.45, 2.75) is 46.2 Å². The molecular formula is C20H31FN4O2. The number of ether oxygens (including phenoxy) is 1. The Hall–Kier alpha value is -2.31. The van der Waals surface area contributed by atoms with Crippen molar-refractivity contribution in [3.05, 3.63) is 29.6 Å². The number of likely N-dealkylation sites (tertiary alicyclic amines) is 1. The van der Waals surface area contributed by atoms with E-state index in [0.29, 0.717) is 19.1 Å². The van der Waals surface area contributed by atoms with Gasteiger partial charge >= 0.3 is 0 Å². The van der Waals surface area contributed by atoms with Crippen LogP contribution < -0.4 is 15.4 Å². The second-order valence-electron chi connectivity index (χ2n) is 7.02. The summed E-state index contributed by atoms with van der Waals surface area (Å²) in [6.45, 7) is 8.12. The average molecular weight is 378 g/mol. The minimum atomic E-state index is -0.360. The Balaban J connectivity index is 1.81. The fraction of sp³-hybridized carbons (Fsp3) is 0.600. The summed E-state index contributed by atoms with van der Waals surface area (Å²) in [5, 5.41) is 6.61. The summed E-state index contributed by atoms with van der Waals surface area (Å²) in [6.07, 6.45) is 1.77. The standard InChI is InChI=1S/C20H31FN4O2/c1-5-27-18-7-6-15(12-17(18)21)13-23-20(22-4)24-16-8-10-25(11-9-16)19(26)14(2)3/h6-7,12,14,16H,5,8-11,13H2,1-4H3,(H2,22,23,24). The number of nitrogens with one attached hydrogen (secondary N) is 2. The lowest BCUT2D eigenvalue weighted by molar-refractivity contribution is -0.135. The topological polar surface area (TPSA) is 66.0 Å². The van der Waals surface area contributed by atoms with Crippen LogP contribution in [0.5, 0.6) is 5.75 Å². The zero-order chi connectivity index (χ0) is 19.8. The lowest BCUT2D eigenvalue weighted by Gasteiger charge is -2.34. The van der Waals surface area contributed by atoms with Crippen LogP contribution in [0, 0.1) is 11.7 Å². The molecule has 27 heavy (non-hydrogen) atoms. The van der Waals surface area contributed by atoms with Gasteiger partial charge in [0.1, 0.15) is 0 Å². The summed E-state index contributed by atoms with van der Waals surface area (Å²) in [5.74, 6) is 0.845. The van der Waals surface area contributed by atoms with Gasteiger partial charge in [0.25, 0.3) is 0 Å². The van der Waals surface area contributed by atoms with Crippen molar-refractivity contribution in [2.75, 3.05) is 26.7 Å². The summed E-state index contributed by atoms with van der Waals surface area (Å²) in [4.78, 5) is 18.2. The second-order valence-corrected chi connectivity index (χ2v) is 7.02. The summed E-state index contributed by atoms with van der Waals surface area (Å²) < 4.78 is 19.2. The van der Waals surface area contributed by atoms with Crippen molar-refractivity contribution in [3.8, 4) is 5.75 Å². The Morgan fingerprint density at radius 2 is 2.07 bits per heavy atom. The maximum atomic E-state index is 13.9. The molecule has 2 rings (SSSR count). The first-order valence-electron chi connectivity index (χ1n) is 9.61. The number of carbonyl (C=O) groups excluding carboxylic acids is 1. The predicted octanol–water partition coefficient (Wildman–Crippen LogP) is 2.54. The van der Waals surface area contributed by atoms with Gasteiger partial charge in [0.05, 0.1) is 6.61 Å². The molecule has 2 N–H and O–H groups in total. The van der Waals surface area contributed by atoms with Crippen LogP contribution in [-0.4, -0.2) is 49.6 Å². The lowest BCUT2D eigenvalue weighted by atomic mass is 10.0. The molecule has 0 atom stereocenters. The molecule has 1 amide bonds. The molecule has 0 aliphatic carbocycles. The van der Waals surface area contributed by atoms with Gasteiger partial charge in [-0.3, -0.25) is 9.79 Å². The summed E-state index contributed by atoms with van der Waals surface area (Å²) >= 11 is 0. The molecule has 0 bridgehead atoms. The van der Waals surface area contributed by atoms with Crippen LogP contribution in [0.3, 0.4) is 0 Å². The second kappa shape index (κ2) is 10.1. The van der Waals surface area contributed by atoms with E-state index in [1.54, 1.807) is 13.1 Å². The Labute approximate surface area is 161 Å². The molecule has 1 saturated heterocycles. The van der Waals surface area contributed by atoms with Crippen molar-refractivity contribution in [1.29, 1.82) is 0 Å². The fourth-order valence-electron chi connectivity index (χ4n) is 3.11.